The number of amides is 2. The Labute approximate surface area is 166 Å². The molecule has 1 aromatic rings. The molecular weight excluding hydrogens is 380 g/mol. The van der Waals surface area contributed by atoms with E-state index in [2.05, 4.69) is 0 Å². The molecule has 2 saturated heterocycles. The monoisotopic (exact) mass is 400 g/mol. The number of hydrogen-bond acceptors (Lipinski definition) is 7. The third kappa shape index (κ3) is 3.65. The molecule has 0 aliphatic carbocycles. The van der Waals surface area contributed by atoms with Gasteiger partial charge in [-0.2, -0.15) is 0 Å². The fourth-order valence-electron chi connectivity index (χ4n) is 4.12. The highest BCUT2D eigenvalue weighted by Gasteiger charge is 2.60. The van der Waals surface area contributed by atoms with Crippen molar-refractivity contribution in [3.8, 4) is 5.75 Å². The molecule has 0 saturated carbocycles. The maximum atomic E-state index is 12.5. The summed E-state index contributed by atoms with van der Waals surface area (Å²) in [5.74, 6) is -1.25. The average molecular weight is 400 g/mol. The molecule has 0 radical (unpaired) electrons. The van der Waals surface area contributed by atoms with E-state index < -0.39 is 10.9 Å². The van der Waals surface area contributed by atoms with Crippen LogP contribution in [0.25, 0.3) is 0 Å². The number of benzene rings is 1. The molecule has 0 aromatic heterocycles. The number of rotatable bonds is 8. The van der Waals surface area contributed by atoms with Crippen LogP contribution in [0.2, 0.25) is 0 Å². The zero-order valence-electron chi connectivity index (χ0n) is 15.6. The summed E-state index contributed by atoms with van der Waals surface area (Å²) in [5, 5.41) is 10.6. The van der Waals surface area contributed by atoms with Crippen molar-refractivity contribution < 1.29 is 28.8 Å². The van der Waals surface area contributed by atoms with E-state index in [-0.39, 0.29) is 53.7 Å². The Morgan fingerprint density at radius 2 is 1.66 bits per heavy atom. The summed E-state index contributed by atoms with van der Waals surface area (Å²) < 4.78 is 10.7. The highest BCUT2D eigenvalue weighted by molar-refractivity contribution is 6.06. The number of nitro groups is 1. The minimum absolute atomic E-state index is 0.0738. The number of nitrogens with zero attached hydrogens (tertiary/aromatic N) is 2. The molecule has 3 heterocycles. The van der Waals surface area contributed by atoms with E-state index in [0.29, 0.717) is 25.8 Å². The van der Waals surface area contributed by atoms with E-state index in [9.17, 15) is 24.5 Å². The smallest absolute Gasteiger partial charge is 0.311 e. The van der Waals surface area contributed by atoms with Gasteiger partial charge in [0, 0.05) is 25.1 Å². The van der Waals surface area contributed by atoms with Crippen LogP contribution in [0.15, 0.2) is 36.4 Å². The number of fused-ring (bicyclic) bond motifs is 5. The zero-order valence-corrected chi connectivity index (χ0v) is 15.6. The molecule has 152 valence electrons. The van der Waals surface area contributed by atoms with Crippen LogP contribution >= 0.6 is 0 Å². The Morgan fingerprint density at radius 1 is 1.03 bits per heavy atom. The quantitative estimate of drug-likeness (QED) is 0.125. The second-order valence-electron chi connectivity index (χ2n) is 7.37. The number of carbonyl (C=O) groups excluding carboxylic acids is 3. The Morgan fingerprint density at radius 3 is 2.24 bits per heavy atom. The van der Waals surface area contributed by atoms with Crippen LogP contribution in [-0.4, -0.2) is 46.4 Å². The number of unbranched alkanes of at least 4 members (excludes halogenated alkanes) is 2. The molecule has 0 N–H and O–H groups in total. The lowest BCUT2D eigenvalue weighted by atomic mass is 9.85. The predicted octanol–water partition coefficient (Wildman–Crippen LogP) is 2.00. The second kappa shape index (κ2) is 7.75. The van der Waals surface area contributed by atoms with E-state index >= 15 is 0 Å². The van der Waals surface area contributed by atoms with Crippen LogP contribution in [0.4, 0.5) is 5.69 Å². The van der Waals surface area contributed by atoms with Gasteiger partial charge in [0.15, 0.2) is 0 Å². The maximum absolute atomic E-state index is 12.5. The van der Waals surface area contributed by atoms with Crippen molar-refractivity contribution in [2.45, 2.75) is 37.9 Å². The third-order valence-corrected chi connectivity index (χ3v) is 5.54. The fraction of sp³-hybridized carbons (Fsp3) is 0.450. The molecule has 2 fully saturated rings. The molecule has 4 atom stereocenters. The predicted molar refractivity (Wildman–Crippen MR) is 98.7 cm³/mol. The largest absolute Gasteiger partial charge is 0.427 e. The van der Waals surface area contributed by atoms with Crippen molar-refractivity contribution in [3.05, 3.63) is 46.5 Å². The van der Waals surface area contributed by atoms with Gasteiger partial charge in [0.25, 0.3) is 5.69 Å². The number of likely N-dealkylation sites (tertiary alicyclic amines) is 1. The fourth-order valence-corrected chi connectivity index (χ4v) is 4.12. The summed E-state index contributed by atoms with van der Waals surface area (Å²) in [7, 11) is 0. The number of non-ortho nitro benzene ring substituents is 1. The molecule has 1 aromatic carbocycles. The first-order valence-electron chi connectivity index (χ1n) is 9.60. The molecular formula is C20H20N2O7. The van der Waals surface area contributed by atoms with Gasteiger partial charge in [-0.3, -0.25) is 29.4 Å². The van der Waals surface area contributed by atoms with Crippen LogP contribution in [0.3, 0.4) is 0 Å². The van der Waals surface area contributed by atoms with Gasteiger partial charge in [0.1, 0.15) is 5.75 Å². The van der Waals surface area contributed by atoms with Gasteiger partial charge < -0.3 is 9.47 Å². The Bertz CT molecular complexity index is 849. The molecule has 9 heteroatoms. The first-order valence-corrected chi connectivity index (χ1v) is 9.60. The summed E-state index contributed by atoms with van der Waals surface area (Å²) in [6, 6.07) is 5.30. The SMILES string of the molecule is O=C(CCCCCN1C(=O)C2C3C=CC(O3)C2C1=O)Oc1ccc([N+](=O)[O-])cc1. The highest BCUT2D eigenvalue weighted by Crippen LogP contribution is 2.45. The van der Waals surface area contributed by atoms with Gasteiger partial charge in [-0.1, -0.05) is 18.6 Å². The summed E-state index contributed by atoms with van der Waals surface area (Å²) in [6.07, 6.45) is 5.20. The number of hydrogen-bond donors (Lipinski definition) is 0. The first kappa shape index (κ1) is 19.3. The lowest BCUT2D eigenvalue weighted by molar-refractivity contribution is -0.384. The number of carbonyl (C=O) groups is 3. The summed E-state index contributed by atoms with van der Waals surface area (Å²) >= 11 is 0. The van der Waals surface area contributed by atoms with Crippen LogP contribution in [0, 0.1) is 22.0 Å². The Balaban J connectivity index is 1.17. The second-order valence-corrected chi connectivity index (χ2v) is 7.37. The molecule has 9 nitrogen and oxygen atoms in total. The lowest BCUT2D eigenvalue weighted by Gasteiger charge is -2.17. The third-order valence-electron chi connectivity index (χ3n) is 5.54. The molecule has 2 bridgehead atoms. The topological polar surface area (TPSA) is 116 Å². The molecule has 2 amide bonds. The molecule has 3 aliphatic rings. The standard InChI is InChI=1S/C20H20N2O7/c23-16(28-13-7-5-12(6-8-13)22(26)27)4-2-1-3-11-21-19(24)17-14-9-10-15(29-14)18(17)20(21)25/h5-10,14-15,17-18H,1-4,11H2. The number of nitro benzene ring substituents is 1. The van der Waals surface area contributed by atoms with Crippen molar-refractivity contribution in [2.75, 3.05) is 6.54 Å². The van der Waals surface area contributed by atoms with E-state index in [1.165, 1.54) is 29.2 Å². The van der Waals surface area contributed by atoms with E-state index in [0.717, 1.165) is 0 Å². The van der Waals surface area contributed by atoms with Crippen LogP contribution in [-0.2, 0) is 19.1 Å². The molecule has 3 aliphatic heterocycles. The van der Waals surface area contributed by atoms with E-state index in [1.54, 1.807) is 0 Å². The van der Waals surface area contributed by atoms with Crippen molar-refractivity contribution >= 4 is 23.5 Å². The summed E-state index contributed by atoms with van der Waals surface area (Å²) in [6.45, 7) is 0.349. The van der Waals surface area contributed by atoms with Crippen molar-refractivity contribution in [2.24, 2.45) is 11.8 Å². The zero-order chi connectivity index (χ0) is 20.5. The molecule has 4 rings (SSSR count). The number of ether oxygens (including phenoxy) is 2. The van der Waals surface area contributed by atoms with Gasteiger partial charge in [-0.05, 0) is 25.0 Å². The molecule has 0 spiro atoms. The number of esters is 1. The lowest BCUT2D eigenvalue weighted by Crippen LogP contribution is -2.35. The van der Waals surface area contributed by atoms with Gasteiger partial charge in [0.2, 0.25) is 11.8 Å². The van der Waals surface area contributed by atoms with E-state index in [1.807, 2.05) is 12.2 Å². The van der Waals surface area contributed by atoms with Crippen molar-refractivity contribution in [1.82, 2.24) is 4.90 Å². The van der Waals surface area contributed by atoms with Gasteiger partial charge in [0.05, 0.1) is 29.0 Å². The van der Waals surface area contributed by atoms with Gasteiger partial charge >= 0.3 is 5.97 Å². The summed E-state index contributed by atoms with van der Waals surface area (Å²) in [4.78, 5) is 48.3. The Kier molecular flexibility index (Phi) is 5.14. The molecule has 29 heavy (non-hydrogen) atoms. The van der Waals surface area contributed by atoms with Gasteiger partial charge in [-0.15, -0.1) is 0 Å². The van der Waals surface area contributed by atoms with E-state index in [4.69, 9.17) is 9.47 Å². The van der Waals surface area contributed by atoms with Crippen LogP contribution in [0.5, 0.6) is 5.75 Å². The first-order chi connectivity index (χ1) is 14.0. The number of imide groups is 1. The molecule has 4 unspecified atom stereocenters. The maximum Gasteiger partial charge on any atom is 0.311 e. The average Bonchev–Trinajstić information content (AvgIpc) is 3.37. The minimum Gasteiger partial charge on any atom is -0.427 e. The normalized spacial score (nSPS) is 26.8. The minimum atomic E-state index is -0.525. The summed E-state index contributed by atoms with van der Waals surface area (Å²) in [5.41, 5.74) is -0.0738. The van der Waals surface area contributed by atoms with Crippen LogP contribution in [0.1, 0.15) is 25.7 Å². The van der Waals surface area contributed by atoms with Crippen molar-refractivity contribution in [1.29, 1.82) is 0 Å². The highest BCUT2D eigenvalue weighted by atomic mass is 16.6. The van der Waals surface area contributed by atoms with Gasteiger partial charge in [-0.25, -0.2) is 0 Å². The van der Waals surface area contributed by atoms with Crippen molar-refractivity contribution in [3.63, 3.8) is 0 Å². The Hall–Kier alpha value is -3.07. The van der Waals surface area contributed by atoms with Crippen LogP contribution < -0.4 is 4.74 Å².